The minimum absolute atomic E-state index is 0.0302. The Hall–Kier alpha value is -1.56. The molecule has 0 radical (unpaired) electrons. The van der Waals surface area contributed by atoms with Gasteiger partial charge in [-0.05, 0) is 32.1 Å². The van der Waals surface area contributed by atoms with Crippen molar-refractivity contribution < 1.29 is 14.3 Å². The number of hydrogen-bond acceptors (Lipinski definition) is 3. The number of urea groups is 1. The number of carbonyl (C=O) groups is 2. The SMILES string of the molecule is O=C(N[C@H]1CC=CCC1)N1CCC(C(=O)N2CCOCC2)CC1. The Balaban J connectivity index is 1.43. The number of piperidine rings is 1. The second-order valence-electron chi connectivity index (χ2n) is 6.63. The van der Waals surface area contributed by atoms with Crippen LogP contribution in [-0.2, 0) is 9.53 Å². The molecule has 6 nitrogen and oxygen atoms in total. The van der Waals surface area contributed by atoms with Crippen LogP contribution in [0.2, 0.25) is 0 Å². The largest absolute Gasteiger partial charge is 0.378 e. The summed E-state index contributed by atoms with van der Waals surface area (Å²) in [5.74, 6) is 0.306. The van der Waals surface area contributed by atoms with Gasteiger partial charge in [0.2, 0.25) is 5.91 Å². The molecule has 2 fully saturated rings. The predicted molar refractivity (Wildman–Crippen MR) is 87.0 cm³/mol. The highest BCUT2D eigenvalue weighted by molar-refractivity contribution is 5.80. The van der Waals surface area contributed by atoms with Crippen LogP contribution >= 0.6 is 0 Å². The number of nitrogens with zero attached hydrogens (tertiary/aromatic N) is 2. The molecular weight excluding hydrogens is 294 g/mol. The van der Waals surface area contributed by atoms with E-state index in [2.05, 4.69) is 17.5 Å². The number of nitrogens with one attached hydrogen (secondary N) is 1. The lowest BCUT2D eigenvalue weighted by Crippen LogP contribution is -2.51. The Morgan fingerprint density at radius 1 is 0.957 bits per heavy atom. The van der Waals surface area contributed by atoms with Crippen LogP contribution in [0.15, 0.2) is 12.2 Å². The Morgan fingerprint density at radius 3 is 2.35 bits per heavy atom. The van der Waals surface area contributed by atoms with Crippen molar-refractivity contribution >= 4 is 11.9 Å². The lowest BCUT2D eigenvalue weighted by atomic mass is 9.95. The van der Waals surface area contributed by atoms with E-state index in [-0.39, 0.29) is 23.9 Å². The molecule has 1 atom stereocenters. The summed E-state index contributed by atoms with van der Waals surface area (Å²) >= 11 is 0. The van der Waals surface area contributed by atoms with Crippen LogP contribution in [0.25, 0.3) is 0 Å². The van der Waals surface area contributed by atoms with Crippen LogP contribution in [0.1, 0.15) is 32.1 Å². The summed E-state index contributed by atoms with van der Waals surface area (Å²) in [6.07, 6.45) is 8.85. The first-order chi connectivity index (χ1) is 11.2. The molecular formula is C17H27N3O3. The standard InChI is InChI=1S/C17H27N3O3/c21-16(19-10-12-23-13-11-19)14-6-8-20(9-7-14)17(22)18-15-4-2-1-3-5-15/h1-2,14-15H,3-13H2,(H,18,22)/t15-/m0/s1. The highest BCUT2D eigenvalue weighted by Crippen LogP contribution is 2.21. The van der Waals surface area contributed by atoms with Crippen LogP contribution in [0.3, 0.4) is 0 Å². The molecule has 1 N–H and O–H groups in total. The van der Waals surface area contributed by atoms with Crippen LogP contribution in [0.5, 0.6) is 0 Å². The number of hydrogen-bond donors (Lipinski definition) is 1. The lowest BCUT2D eigenvalue weighted by Gasteiger charge is -2.36. The van der Waals surface area contributed by atoms with E-state index in [0.29, 0.717) is 39.4 Å². The van der Waals surface area contributed by atoms with Gasteiger partial charge in [-0.25, -0.2) is 4.79 Å². The molecule has 2 heterocycles. The van der Waals surface area contributed by atoms with E-state index < -0.39 is 0 Å². The second kappa shape index (κ2) is 7.81. The van der Waals surface area contributed by atoms with Gasteiger partial charge in [0.25, 0.3) is 0 Å². The van der Waals surface area contributed by atoms with E-state index in [4.69, 9.17) is 4.74 Å². The van der Waals surface area contributed by atoms with Crippen molar-refractivity contribution in [3.63, 3.8) is 0 Å². The van der Waals surface area contributed by atoms with Crippen molar-refractivity contribution in [3.8, 4) is 0 Å². The zero-order valence-corrected chi connectivity index (χ0v) is 13.7. The van der Waals surface area contributed by atoms with E-state index in [9.17, 15) is 9.59 Å². The summed E-state index contributed by atoms with van der Waals surface area (Å²) in [6.45, 7) is 4.04. The third-order valence-electron chi connectivity index (χ3n) is 5.05. The fourth-order valence-corrected chi connectivity index (χ4v) is 3.56. The number of likely N-dealkylation sites (tertiary alicyclic amines) is 1. The van der Waals surface area contributed by atoms with Crippen molar-refractivity contribution in [2.45, 2.75) is 38.1 Å². The number of carbonyl (C=O) groups excluding carboxylic acids is 2. The summed E-state index contributed by atoms with van der Waals surface area (Å²) < 4.78 is 5.30. The van der Waals surface area contributed by atoms with Gasteiger partial charge in [0.1, 0.15) is 0 Å². The van der Waals surface area contributed by atoms with Crippen LogP contribution in [0.4, 0.5) is 4.79 Å². The summed E-state index contributed by atoms with van der Waals surface area (Å²) in [4.78, 5) is 28.6. The zero-order valence-electron chi connectivity index (χ0n) is 13.7. The molecule has 128 valence electrons. The molecule has 3 rings (SSSR count). The second-order valence-corrected chi connectivity index (χ2v) is 6.63. The molecule has 1 aliphatic carbocycles. The fourth-order valence-electron chi connectivity index (χ4n) is 3.56. The smallest absolute Gasteiger partial charge is 0.317 e. The monoisotopic (exact) mass is 321 g/mol. The minimum Gasteiger partial charge on any atom is -0.378 e. The quantitative estimate of drug-likeness (QED) is 0.782. The normalized spacial score (nSPS) is 26.2. The first-order valence-corrected chi connectivity index (χ1v) is 8.81. The summed E-state index contributed by atoms with van der Waals surface area (Å²) in [5.41, 5.74) is 0. The minimum atomic E-state index is 0.0302. The Labute approximate surface area is 137 Å². The van der Waals surface area contributed by atoms with Crippen LogP contribution in [0, 0.1) is 5.92 Å². The van der Waals surface area contributed by atoms with E-state index >= 15 is 0 Å². The predicted octanol–water partition coefficient (Wildman–Crippen LogP) is 1.38. The molecule has 23 heavy (non-hydrogen) atoms. The molecule has 3 aliphatic rings. The van der Waals surface area contributed by atoms with Gasteiger partial charge < -0.3 is 19.9 Å². The molecule has 0 unspecified atom stereocenters. The highest BCUT2D eigenvalue weighted by Gasteiger charge is 2.31. The highest BCUT2D eigenvalue weighted by atomic mass is 16.5. The van der Waals surface area contributed by atoms with Gasteiger partial charge in [-0.3, -0.25) is 4.79 Å². The van der Waals surface area contributed by atoms with Gasteiger partial charge in [0.15, 0.2) is 0 Å². The fraction of sp³-hybridized carbons (Fsp3) is 0.765. The van der Waals surface area contributed by atoms with Gasteiger partial charge in [0.05, 0.1) is 13.2 Å². The maximum Gasteiger partial charge on any atom is 0.317 e. The van der Waals surface area contributed by atoms with Crippen molar-refractivity contribution in [3.05, 3.63) is 12.2 Å². The number of rotatable bonds is 2. The van der Waals surface area contributed by atoms with Crippen LogP contribution < -0.4 is 5.32 Å². The van der Waals surface area contributed by atoms with Gasteiger partial charge in [0, 0.05) is 38.1 Å². The Bertz CT molecular complexity index is 452. The molecule has 0 aromatic carbocycles. The van der Waals surface area contributed by atoms with Gasteiger partial charge in [-0.15, -0.1) is 0 Å². The molecule has 2 saturated heterocycles. The van der Waals surface area contributed by atoms with Gasteiger partial charge in [-0.2, -0.15) is 0 Å². The number of morpholine rings is 1. The average molecular weight is 321 g/mol. The molecule has 3 amide bonds. The Kier molecular flexibility index (Phi) is 5.54. The molecule has 0 saturated carbocycles. The first kappa shape index (κ1) is 16.3. The number of allylic oxidation sites excluding steroid dienone is 1. The molecule has 0 aromatic heterocycles. The van der Waals surface area contributed by atoms with Gasteiger partial charge >= 0.3 is 6.03 Å². The number of amides is 3. The lowest BCUT2D eigenvalue weighted by molar-refractivity contribution is -0.141. The third kappa shape index (κ3) is 4.25. The zero-order chi connectivity index (χ0) is 16.1. The van der Waals surface area contributed by atoms with E-state index in [1.807, 2.05) is 9.80 Å². The topological polar surface area (TPSA) is 61.9 Å². The average Bonchev–Trinajstić information content (AvgIpc) is 2.63. The van der Waals surface area contributed by atoms with Crippen LogP contribution in [-0.4, -0.2) is 67.2 Å². The van der Waals surface area contributed by atoms with Crippen molar-refractivity contribution in [1.82, 2.24) is 15.1 Å². The first-order valence-electron chi connectivity index (χ1n) is 8.81. The van der Waals surface area contributed by atoms with Crippen molar-refractivity contribution in [1.29, 1.82) is 0 Å². The molecule has 2 aliphatic heterocycles. The summed E-state index contributed by atoms with van der Waals surface area (Å²) in [6, 6.07) is 0.294. The Morgan fingerprint density at radius 2 is 1.70 bits per heavy atom. The summed E-state index contributed by atoms with van der Waals surface area (Å²) in [7, 11) is 0. The van der Waals surface area contributed by atoms with Crippen molar-refractivity contribution in [2.24, 2.45) is 5.92 Å². The molecule has 0 aromatic rings. The van der Waals surface area contributed by atoms with Gasteiger partial charge in [-0.1, -0.05) is 12.2 Å². The van der Waals surface area contributed by atoms with E-state index in [1.165, 1.54) is 0 Å². The maximum absolute atomic E-state index is 12.5. The third-order valence-corrected chi connectivity index (χ3v) is 5.05. The van der Waals surface area contributed by atoms with E-state index in [1.54, 1.807) is 0 Å². The van der Waals surface area contributed by atoms with Crippen molar-refractivity contribution in [2.75, 3.05) is 39.4 Å². The maximum atomic E-state index is 12.5. The summed E-state index contributed by atoms with van der Waals surface area (Å²) in [5, 5.41) is 3.12. The van der Waals surface area contributed by atoms with E-state index in [0.717, 1.165) is 32.1 Å². The molecule has 0 spiro atoms. The molecule has 6 heteroatoms. The molecule has 0 bridgehead atoms. The number of ether oxygens (including phenoxy) is 1.